The molecule has 16 heavy (non-hydrogen) atoms. The number of phenols is 1. The van der Waals surface area contributed by atoms with Crippen LogP contribution in [0.1, 0.15) is 31.4 Å². The zero-order chi connectivity index (χ0) is 12.1. The van der Waals surface area contributed by atoms with Crippen LogP contribution < -0.4 is 5.32 Å². The van der Waals surface area contributed by atoms with Crippen LogP contribution >= 0.6 is 15.9 Å². The maximum absolute atomic E-state index is 9.84. The van der Waals surface area contributed by atoms with Crippen LogP contribution in [-0.2, 0) is 6.54 Å². The van der Waals surface area contributed by atoms with Gasteiger partial charge in [0.25, 0.3) is 0 Å². The van der Waals surface area contributed by atoms with E-state index in [4.69, 9.17) is 0 Å². The number of rotatable bonds is 5. The molecule has 0 saturated heterocycles. The Labute approximate surface area is 106 Å². The molecule has 3 heteroatoms. The summed E-state index contributed by atoms with van der Waals surface area (Å²) >= 11 is 3.35. The molecule has 2 N–H and O–H groups in total. The second-order valence-electron chi connectivity index (χ2n) is 4.61. The first kappa shape index (κ1) is 13.5. The Morgan fingerprint density at radius 2 is 2.06 bits per heavy atom. The predicted molar refractivity (Wildman–Crippen MR) is 71.7 cm³/mol. The third-order valence-corrected chi connectivity index (χ3v) is 3.11. The van der Waals surface area contributed by atoms with Gasteiger partial charge in [0.1, 0.15) is 5.75 Å². The van der Waals surface area contributed by atoms with E-state index in [9.17, 15) is 5.11 Å². The van der Waals surface area contributed by atoms with Crippen molar-refractivity contribution < 1.29 is 5.11 Å². The molecule has 0 fully saturated rings. The monoisotopic (exact) mass is 285 g/mol. The summed E-state index contributed by atoms with van der Waals surface area (Å²) in [5.74, 6) is 1.06. The number of hydrogen-bond acceptors (Lipinski definition) is 2. The second-order valence-corrected chi connectivity index (χ2v) is 5.47. The third-order valence-electron chi connectivity index (χ3n) is 2.50. The first-order valence-corrected chi connectivity index (χ1v) is 6.48. The molecule has 0 aliphatic carbocycles. The Bertz CT molecular complexity index is 350. The number of phenolic OH excluding ortho intramolecular Hbond substituents is 1. The van der Waals surface area contributed by atoms with Gasteiger partial charge in [-0.3, -0.25) is 0 Å². The van der Waals surface area contributed by atoms with Crippen molar-refractivity contribution in [3.63, 3.8) is 0 Å². The summed E-state index contributed by atoms with van der Waals surface area (Å²) in [5.41, 5.74) is 2.11. The second kappa shape index (κ2) is 6.26. The maximum Gasteiger partial charge on any atom is 0.134 e. The molecule has 0 aromatic heterocycles. The number of hydrogen-bond donors (Lipinski definition) is 2. The molecule has 0 aliphatic rings. The van der Waals surface area contributed by atoms with Crippen molar-refractivity contribution in [1.29, 1.82) is 0 Å². The van der Waals surface area contributed by atoms with E-state index in [1.54, 1.807) is 0 Å². The standard InChI is InChI=1S/C13H20BrNO/c1-9(2)4-5-15-8-11-6-10(3)7-12(14)13(11)16/h6-7,9,15-16H,4-5,8H2,1-3H3. The van der Waals surface area contributed by atoms with E-state index in [2.05, 4.69) is 35.1 Å². The zero-order valence-corrected chi connectivity index (χ0v) is 11.8. The molecule has 1 aromatic carbocycles. The van der Waals surface area contributed by atoms with E-state index in [1.807, 2.05) is 19.1 Å². The van der Waals surface area contributed by atoms with Gasteiger partial charge in [-0.2, -0.15) is 0 Å². The summed E-state index contributed by atoms with van der Waals surface area (Å²) in [6.45, 7) is 8.16. The highest BCUT2D eigenvalue weighted by Crippen LogP contribution is 2.29. The van der Waals surface area contributed by atoms with Gasteiger partial charge >= 0.3 is 0 Å². The highest BCUT2D eigenvalue weighted by Gasteiger charge is 2.06. The van der Waals surface area contributed by atoms with Crippen LogP contribution in [0.3, 0.4) is 0 Å². The smallest absolute Gasteiger partial charge is 0.134 e. The number of aryl methyl sites for hydroxylation is 1. The van der Waals surface area contributed by atoms with Crippen LogP contribution in [0.5, 0.6) is 5.75 Å². The lowest BCUT2D eigenvalue weighted by Crippen LogP contribution is -2.16. The molecule has 90 valence electrons. The number of nitrogens with one attached hydrogen (secondary N) is 1. The van der Waals surface area contributed by atoms with Gasteiger partial charge in [0.15, 0.2) is 0 Å². The van der Waals surface area contributed by atoms with Gasteiger partial charge in [0.05, 0.1) is 4.47 Å². The molecule has 0 bridgehead atoms. The van der Waals surface area contributed by atoms with Crippen molar-refractivity contribution in [3.05, 3.63) is 27.7 Å². The molecular weight excluding hydrogens is 266 g/mol. The van der Waals surface area contributed by atoms with Gasteiger partial charge in [-0.25, -0.2) is 0 Å². The number of aromatic hydroxyl groups is 1. The molecule has 0 amide bonds. The molecule has 1 rings (SSSR count). The highest BCUT2D eigenvalue weighted by molar-refractivity contribution is 9.10. The minimum Gasteiger partial charge on any atom is -0.506 e. The van der Waals surface area contributed by atoms with E-state index in [0.717, 1.165) is 35.1 Å². The average molecular weight is 286 g/mol. The van der Waals surface area contributed by atoms with Gasteiger partial charge < -0.3 is 10.4 Å². The van der Waals surface area contributed by atoms with Gasteiger partial charge in [-0.15, -0.1) is 0 Å². The summed E-state index contributed by atoms with van der Waals surface area (Å²) in [6, 6.07) is 3.94. The molecule has 0 spiro atoms. The summed E-state index contributed by atoms with van der Waals surface area (Å²) in [6.07, 6.45) is 1.16. The van der Waals surface area contributed by atoms with Crippen LogP contribution in [0.15, 0.2) is 16.6 Å². The average Bonchev–Trinajstić information content (AvgIpc) is 2.19. The first-order valence-electron chi connectivity index (χ1n) is 5.69. The quantitative estimate of drug-likeness (QED) is 0.811. The molecular formula is C13H20BrNO. The summed E-state index contributed by atoms with van der Waals surface area (Å²) in [7, 11) is 0. The lowest BCUT2D eigenvalue weighted by atomic mass is 10.1. The molecule has 0 radical (unpaired) electrons. The van der Waals surface area contributed by atoms with Crippen LogP contribution in [0, 0.1) is 12.8 Å². The fourth-order valence-corrected chi connectivity index (χ4v) is 2.17. The van der Waals surface area contributed by atoms with Crippen LogP contribution in [0.2, 0.25) is 0 Å². The fraction of sp³-hybridized carbons (Fsp3) is 0.538. The van der Waals surface area contributed by atoms with Gasteiger partial charge in [-0.1, -0.05) is 19.9 Å². The van der Waals surface area contributed by atoms with Crippen LogP contribution in [0.4, 0.5) is 0 Å². The number of halogens is 1. The lowest BCUT2D eigenvalue weighted by molar-refractivity contribution is 0.458. The van der Waals surface area contributed by atoms with Gasteiger partial charge in [-0.05, 0) is 53.4 Å². The Kier molecular flexibility index (Phi) is 5.29. The van der Waals surface area contributed by atoms with E-state index in [0.29, 0.717) is 11.7 Å². The van der Waals surface area contributed by atoms with E-state index in [1.165, 1.54) is 0 Å². The summed E-state index contributed by atoms with van der Waals surface area (Å²) < 4.78 is 0.771. The molecule has 1 aromatic rings. The summed E-state index contributed by atoms with van der Waals surface area (Å²) in [5, 5.41) is 13.2. The predicted octanol–water partition coefficient (Wildman–Crippen LogP) is 3.60. The van der Waals surface area contributed by atoms with Gasteiger partial charge in [0.2, 0.25) is 0 Å². The Balaban J connectivity index is 2.53. The molecule has 0 unspecified atom stereocenters. The minimum absolute atomic E-state index is 0.350. The van der Waals surface area contributed by atoms with Gasteiger partial charge in [0, 0.05) is 12.1 Å². The topological polar surface area (TPSA) is 32.3 Å². The number of benzene rings is 1. The van der Waals surface area contributed by atoms with E-state index >= 15 is 0 Å². The minimum atomic E-state index is 0.350. The van der Waals surface area contributed by atoms with E-state index in [-0.39, 0.29) is 0 Å². The highest BCUT2D eigenvalue weighted by atomic mass is 79.9. The third kappa shape index (κ3) is 4.14. The molecule has 0 heterocycles. The molecule has 0 atom stereocenters. The zero-order valence-electron chi connectivity index (χ0n) is 10.2. The van der Waals surface area contributed by atoms with Crippen LogP contribution in [-0.4, -0.2) is 11.7 Å². The Morgan fingerprint density at radius 3 is 2.69 bits per heavy atom. The van der Waals surface area contributed by atoms with Crippen molar-refractivity contribution in [2.24, 2.45) is 5.92 Å². The largest absolute Gasteiger partial charge is 0.506 e. The van der Waals surface area contributed by atoms with Crippen molar-refractivity contribution in [2.45, 2.75) is 33.7 Å². The molecule has 0 saturated carbocycles. The van der Waals surface area contributed by atoms with Crippen molar-refractivity contribution in [2.75, 3.05) is 6.54 Å². The van der Waals surface area contributed by atoms with Crippen molar-refractivity contribution >= 4 is 15.9 Å². The normalized spacial score (nSPS) is 11.1. The first-order chi connectivity index (χ1) is 7.50. The maximum atomic E-state index is 9.84. The lowest BCUT2D eigenvalue weighted by Gasteiger charge is -2.10. The van der Waals surface area contributed by atoms with Crippen molar-refractivity contribution in [3.8, 4) is 5.75 Å². The van der Waals surface area contributed by atoms with Crippen molar-refractivity contribution in [1.82, 2.24) is 5.32 Å². The van der Waals surface area contributed by atoms with E-state index < -0.39 is 0 Å². The molecule has 0 aliphatic heterocycles. The Hall–Kier alpha value is -0.540. The fourth-order valence-electron chi connectivity index (χ4n) is 1.56. The summed E-state index contributed by atoms with van der Waals surface area (Å²) in [4.78, 5) is 0. The molecule has 2 nitrogen and oxygen atoms in total. The SMILES string of the molecule is Cc1cc(Br)c(O)c(CNCCC(C)C)c1. The van der Waals surface area contributed by atoms with Crippen LogP contribution in [0.25, 0.3) is 0 Å². The Morgan fingerprint density at radius 1 is 1.38 bits per heavy atom.